The normalized spacial score (nSPS) is 19.3. The van der Waals surface area contributed by atoms with E-state index in [-0.39, 0.29) is 47.3 Å². The van der Waals surface area contributed by atoms with Gasteiger partial charge >= 0.3 is 0 Å². The van der Waals surface area contributed by atoms with Crippen molar-refractivity contribution in [1.29, 1.82) is 0 Å². The van der Waals surface area contributed by atoms with Gasteiger partial charge in [0.2, 0.25) is 17.8 Å². The number of anilines is 5. The lowest BCUT2D eigenvalue weighted by molar-refractivity contribution is -0.128. The van der Waals surface area contributed by atoms with Gasteiger partial charge in [-0.2, -0.15) is 15.1 Å². The Balaban J connectivity index is 0.925. The van der Waals surface area contributed by atoms with Gasteiger partial charge in [-0.25, -0.2) is 9.97 Å². The van der Waals surface area contributed by atoms with E-state index in [4.69, 9.17) is 38.2 Å². The number of piperidine rings is 2. The Hall–Kier alpha value is -5.53. The molecule has 4 aromatic heterocycles. The largest absolute Gasteiger partial charge is 0.350 e. The Morgan fingerprint density at radius 3 is 2.45 bits per heavy atom. The number of carbonyl (C=O) groups excluding carboxylic acids is 2. The van der Waals surface area contributed by atoms with E-state index in [2.05, 4.69) is 71.4 Å². The fraction of sp³-hybridized carbons (Fsp3) is 0.391. The molecule has 9 rings (SSSR count). The Bertz CT molecular complexity index is 2780. The number of allylic oxidation sites excluding steroid dienone is 1. The number of likely N-dealkylation sites (N-methyl/N-ethyl adjacent to an activating group) is 1. The third-order valence-corrected chi connectivity index (χ3v) is 14.5. The number of carbonyl (C=O) groups is 2. The van der Waals surface area contributed by atoms with E-state index in [0.29, 0.717) is 67.3 Å². The lowest BCUT2D eigenvalue weighted by Gasteiger charge is -2.37. The van der Waals surface area contributed by atoms with Gasteiger partial charge in [-0.1, -0.05) is 70.9 Å². The summed E-state index contributed by atoms with van der Waals surface area (Å²) in [6.07, 6.45) is 17.1. The van der Waals surface area contributed by atoms with Crippen LogP contribution in [0.25, 0.3) is 10.9 Å². The van der Waals surface area contributed by atoms with E-state index < -0.39 is 0 Å². The van der Waals surface area contributed by atoms with E-state index in [9.17, 15) is 14.4 Å². The number of pyridine rings is 1. The molecule has 1 aliphatic carbocycles. The van der Waals surface area contributed by atoms with E-state index in [0.717, 1.165) is 68.6 Å². The lowest BCUT2D eigenvalue weighted by Crippen LogP contribution is -2.45. The molecule has 0 spiro atoms. The molecular weight excluding hydrogens is 980 g/mol. The zero-order valence-corrected chi connectivity index (χ0v) is 40.0. The van der Waals surface area contributed by atoms with Crippen molar-refractivity contribution >= 4 is 97.7 Å². The van der Waals surface area contributed by atoms with Gasteiger partial charge in [0.15, 0.2) is 11.6 Å². The number of rotatable bonds is 12. The summed E-state index contributed by atoms with van der Waals surface area (Å²) < 4.78 is 3.94. The highest BCUT2D eigenvalue weighted by Crippen LogP contribution is 2.34. The molecule has 2 saturated heterocycles. The van der Waals surface area contributed by atoms with Gasteiger partial charge < -0.3 is 35.2 Å². The second-order valence-electron chi connectivity index (χ2n) is 17.2. The number of alkyl halides is 1. The minimum Gasteiger partial charge on any atom is -0.350 e. The summed E-state index contributed by atoms with van der Waals surface area (Å²) in [6.45, 7) is 5.97. The first kappa shape index (κ1) is 44.7. The second kappa shape index (κ2) is 19.1. The maximum atomic E-state index is 13.7. The van der Waals surface area contributed by atoms with Crippen LogP contribution in [0.15, 0.2) is 89.3 Å². The monoisotopic (exact) mass is 1030 g/mol. The lowest BCUT2D eigenvalue weighted by atomic mass is 9.87. The van der Waals surface area contributed by atoms with Crippen LogP contribution in [0.2, 0.25) is 10.0 Å². The molecule has 0 bridgehead atoms. The van der Waals surface area contributed by atoms with Crippen LogP contribution < -0.4 is 31.3 Å². The van der Waals surface area contributed by atoms with Crippen LogP contribution in [0.5, 0.6) is 0 Å². The molecule has 2 unspecified atom stereocenters. The fourth-order valence-corrected chi connectivity index (χ4v) is 9.68. The van der Waals surface area contributed by atoms with Crippen molar-refractivity contribution in [1.82, 2.24) is 44.5 Å². The molecule has 338 valence electrons. The highest BCUT2D eigenvalue weighted by molar-refractivity contribution is 14.1. The SMILES string of the molecule is CC1CCN(c2nc(CNC(=O)Cc3cc4cc(Nc5nc(N6CCC(I)CC6)ncc5Cl)ccc4n(C)c3=O)c(Cl)c(NC3=CC4C=C(Cn5cccn5)C(=O)N(C)C4C=C3)n2)CC1. The van der Waals surface area contributed by atoms with Gasteiger partial charge in [0.1, 0.15) is 10.0 Å². The van der Waals surface area contributed by atoms with E-state index >= 15 is 0 Å². The Morgan fingerprint density at radius 1 is 0.923 bits per heavy atom. The van der Waals surface area contributed by atoms with Crippen molar-refractivity contribution in [2.75, 3.05) is 53.7 Å². The summed E-state index contributed by atoms with van der Waals surface area (Å²) in [5.74, 6) is 2.14. The van der Waals surface area contributed by atoms with Gasteiger partial charge in [-0.05, 0) is 68.0 Å². The number of nitrogens with zero attached hydrogens (tertiary/aromatic N) is 10. The standard InChI is InChI=1S/C46H50Cl2IN13O3/c1-27-9-15-61(16-10-27)46-55-36(40(48)42(57-46)54-34-6-8-38-29(22-34)20-31(44(65)59(38)3)26-62-14-4-13-52-62)25-50-39(63)23-30-19-28-21-33(5-7-37(28)58(2)43(30)64)53-41-35(47)24-51-45(56-41)60-17-11-32(49)12-18-60/h4-8,13-14,19-22,24,27,29,32,38H,9-12,15-18,23,25-26H2,1-3H3,(H,50,63)(H,51,53,56)(H,54,55,57). The molecule has 1 aromatic carbocycles. The van der Waals surface area contributed by atoms with Crippen molar-refractivity contribution in [3.05, 3.63) is 116 Å². The van der Waals surface area contributed by atoms with E-state index in [1.165, 1.54) is 0 Å². The first-order chi connectivity index (χ1) is 31.4. The van der Waals surface area contributed by atoms with Crippen molar-refractivity contribution < 1.29 is 9.59 Å². The quantitative estimate of drug-likeness (QED) is 0.0883. The molecular formula is C46H50Cl2IN13O3. The Morgan fingerprint density at radius 2 is 1.68 bits per heavy atom. The maximum absolute atomic E-state index is 13.7. The fourth-order valence-electron chi connectivity index (χ4n) is 8.79. The van der Waals surface area contributed by atoms with Crippen LogP contribution in [0.1, 0.15) is 43.9 Å². The number of aromatic nitrogens is 7. The van der Waals surface area contributed by atoms with Crippen LogP contribution in [0.4, 0.5) is 29.2 Å². The summed E-state index contributed by atoms with van der Waals surface area (Å²) in [5.41, 5.74) is 3.36. The number of amides is 2. The summed E-state index contributed by atoms with van der Waals surface area (Å²) in [4.78, 5) is 65.6. The van der Waals surface area contributed by atoms with Crippen molar-refractivity contribution in [2.45, 2.75) is 62.1 Å². The van der Waals surface area contributed by atoms with Crippen molar-refractivity contribution in [3.63, 3.8) is 0 Å². The number of fused-ring (bicyclic) bond motifs is 2. The molecule has 3 N–H and O–H groups in total. The third-order valence-electron chi connectivity index (χ3n) is 12.6. The van der Waals surface area contributed by atoms with Gasteiger partial charge in [0.05, 0.1) is 43.0 Å². The first-order valence-electron chi connectivity index (χ1n) is 21.9. The molecule has 5 aromatic rings. The van der Waals surface area contributed by atoms with E-state index in [1.54, 1.807) is 39.7 Å². The number of hydrogen-bond acceptors (Lipinski definition) is 12. The van der Waals surface area contributed by atoms with Crippen LogP contribution in [-0.2, 0) is 36.1 Å². The highest BCUT2D eigenvalue weighted by Gasteiger charge is 2.34. The van der Waals surface area contributed by atoms with Crippen LogP contribution >= 0.6 is 45.8 Å². The summed E-state index contributed by atoms with van der Waals surface area (Å²) in [6, 6.07) is 9.08. The highest BCUT2D eigenvalue weighted by atomic mass is 127. The summed E-state index contributed by atoms with van der Waals surface area (Å²) in [5, 5.41) is 15.4. The Kier molecular flexibility index (Phi) is 13.1. The molecule has 2 fully saturated rings. The molecule has 0 radical (unpaired) electrons. The third kappa shape index (κ3) is 9.87. The summed E-state index contributed by atoms with van der Waals surface area (Å²) in [7, 11) is 3.51. The minimum absolute atomic E-state index is 0.0118. The molecule has 2 amide bonds. The van der Waals surface area contributed by atoms with Crippen LogP contribution in [0.3, 0.4) is 0 Å². The zero-order chi connectivity index (χ0) is 45.4. The average molecular weight is 1030 g/mol. The number of benzene rings is 1. The number of aryl methyl sites for hydroxylation is 1. The smallest absolute Gasteiger partial charge is 0.254 e. The molecule has 3 aliphatic heterocycles. The Labute approximate surface area is 400 Å². The minimum atomic E-state index is -0.363. The topological polar surface area (TPSA) is 171 Å². The molecule has 7 heterocycles. The predicted molar refractivity (Wildman–Crippen MR) is 263 cm³/mol. The van der Waals surface area contributed by atoms with E-state index in [1.807, 2.05) is 55.7 Å². The van der Waals surface area contributed by atoms with Gasteiger partial charge in [-0.15, -0.1) is 0 Å². The van der Waals surface area contributed by atoms with Crippen molar-refractivity contribution in [3.8, 4) is 0 Å². The number of halogens is 3. The molecule has 19 heteroatoms. The van der Waals surface area contributed by atoms with Gasteiger partial charge in [0.25, 0.3) is 11.5 Å². The maximum Gasteiger partial charge on any atom is 0.254 e. The first-order valence-corrected chi connectivity index (χ1v) is 23.9. The second-order valence-corrected chi connectivity index (χ2v) is 19.7. The van der Waals surface area contributed by atoms with Gasteiger partial charge in [0, 0.05) is 90.4 Å². The average Bonchev–Trinajstić information content (AvgIpc) is 3.82. The molecule has 65 heavy (non-hydrogen) atoms. The van der Waals surface area contributed by atoms with Crippen LogP contribution in [-0.4, -0.2) is 94.2 Å². The predicted octanol–water partition coefficient (Wildman–Crippen LogP) is 6.81. The molecule has 4 aliphatic rings. The summed E-state index contributed by atoms with van der Waals surface area (Å²) >= 11 is 16.1. The zero-order valence-electron chi connectivity index (χ0n) is 36.3. The number of hydrogen-bond donors (Lipinski definition) is 3. The molecule has 2 atom stereocenters. The molecule has 16 nitrogen and oxygen atoms in total. The molecule has 0 saturated carbocycles. The van der Waals surface area contributed by atoms with Crippen molar-refractivity contribution in [2.24, 2.45) is 18.9 Å². The van der Waals surface area contributed by atoms with Crippen LogP contribution in [0, 0.1) is 11.8 Å². The van der Waals surface area contributed by atoms with Gasteiger partial charge in [-0.3, -0.25) is 19.1 Å². The number of nitrogens with one attached hydrogen (secondary N) is 3.